The van der Waals surface area contributed by atoms with Crippen LogP contribution in [0.15, 0.2) is 0 Å². The van der Waals surface area contributed by atoms with Gasteiger partial charge in [0.05, 0.1) is 19.1 Å². The molecule has 4 fully saturated rings. The lowest BCUT2D eigenvalue weighted by molar-refractivity contribution is -0.179. The SMILES string of the molecule is C[C@@H]1CCCC[C@H]1NC(=O)[C@H]1CCCN(S(=O)(=O)N2CCC3(CC2)OCCO3)C1. The third-order valence-corrected chi connectivity index (χ3v) is 9.15. The first-order chi connectivity index (χ1) is 13.9. The molecule has 1 amide bonds. The molecule has 166 valence electrons. The summed E-state index contributed by atoms with van der Waals surface area (Å²) < 4.78 is 40.8. The molecule has 1 saturated carbocycles. The van der Waals surface area contributed by atoms with Crippen LogP contribution >= 0.6 is 0 Å². The van der Waals surface area contributed by atoms with Gasteiger partial charge < -0.3 is 14.8 Å². The summed E-state index contributed by atoms with van der Waals surface area (Å²) in [5.74, 6) is -0.330. The maximum atomic E-state index is 13.2. The van der Waals surface area contributed by atoms with Crippen LogP contribution in [-0.4, -0.2) is 74.2 Å². The summed E-state index contributed by atoms with van der Waals surface area (Å²) in [6, 6.07) is 0.230. The van der Waals surface area contributed by atoms with Crippen LogP contribution in [0.3, 0.4) is 0 Å². The van der Waals surface area contributed by atoms with E-state index in [4.69, 9.17) is 9.47 Å². The summed E-state index contributed by atoms with van der Waals surface area (Å²) in [7, 11) is -3.57. The monoisotopic (exact) mass is 429 g/mol. The van der Waals surface area contributed by atoms with E-state index in [1.165, 1.54) is 15.0 Å². The van der Waals surface area contributed by atoms with Gasteiger partial charge >= 0.3 is 0 Å². The van der Waals surface area contributed by atoms with Crippen LogP contribution in [0, 0.1) is 11.8 Å². The number of ether oxygens (including phenoxy) is 2. The van der Waals surface area contributed by atoms with E-state index in [1.54, 1.807) is 0 Å². The summed E-state index contributed by atoms with van der Waals surface area (Å²) >= 11 is 0. The van der Waals surface area contributed by atoms with Gasteiger partial charge in [0.25, 0.3) is 10.2 Å². The highest BCUT2D eigenvalue weighted by Gasteiger charge is 2.44. The minimum absolute atomic E-state index is 0.0222. The second-order valence-electron chi connectivity index (χ2n) is 9.09. The van der Waals surface area contributed by atoms with Gasteiger partial charge in [-0.05, 0) is 31.6 Å². The van der Waals surface area contributed by atoms with Crippen molar-refractivity contribution in [2.75, 3.05) is 39.4 Å². The predicted octanol–water partition coefficient (Wildman–Crippen LogP) is 1.48. The Bertz CT molecular complexity index is 684. The second-order valence-corrected chi connectivity index (χ2v) is 11.0. The van der Waals surface area contributed by atoms with Crippen molar-refractivity contribution in [1.82, 2.24) is 13.9 Å². The third-order valence-electron chi connectivity index (χ3n) is 7.14. The Morgan fingerprint density at radius 3 is 2.34 bits per heavy atom. The third kappa shape index (κ3) is 4.63. The zero-order valence-electron chi connectivity index (χ0n) is 17.5. The van der Waals surface area contributed by atoms with E-state index in [1.807, 2.05) is 0 Å². The van der Waals surface area contributed by atoms with Gasteiger partial charge in [0.15, 0.2) is 5.79 Å². The highest BCUT2D eigenvalue weighted by Crippen LogP contribution is 2.33. The number of amides is 1. The highest BCUT2D eigenvalue weighted by molar-refractivity contribution is 7.86. The average molecular weight is 430 g/mol. The summed E-state index contributed by atoms with van der Waals surface area (Å²) in [6.07, 6.45) is 7.17. The van der Waals surface area contributed by atoms with Crippen LogP contribution in [0.4, 0.5) is 0 Å². The molecular formula is C20H35N3O5S. The number of carbonyl (C=O) groups excluding carboxylic acids is 1. The summed E-state index contributed by atoms with van der Waals surface area (Å²) in [5.41, 5.74) is 0. The van der Waals surface area contributed by atoms with E-state index in [0.29, 0.717) is 51.6 Å². The summed E-state index contributed by atoms with van der Waals surface area (Å²) in [5, 5.41) is 3.22. The molecule has 1 aliphatic carbocycles. The normalized spacial score (nSPS) is 34.3. The number of hydrogen-bond donors (Lipinski definition) is 1. The Morgan fingerprint density at radius 2 is 1.66 bits per heavy atom. The Balaban J connectivity index is 1.34. The lowest BCUT2D eigenvalue weighted by Gasteiger charge is -2.40. The lowest BCUT2D eigenvalue weighted by Crippen LogP contribution is -2.55. The molecule has 1 spiro atoms. The van der Waals surface area contributed by atoms with Crippen molar-refractivity contribution >= 4 is 16.1 Å². The molecule has 9 heteroatoms. The maximum Gasteiger partial charge on any atom is 0.282 e. The van der Waals surface area contributed by atoms with E-state index in [2.05, 4.69) is 12.2 Å². The van der Waals surface area contributed by atoms with E-state index in [-0.39, 0.29) is 24.4 Å². The molecule has 0 aromatic rings. The minimum atomic E-state index is -3.57. The van der Waals surface area contributed by atoms with Gasteiger partial charge in [0.2, 0.25) is 5.91 Å². The molecule has 3 atom stereocenters. The standard InChI is InChI=1S/C20H35N3O5S/c1-16-5-2-3-7-18(16)21-19(24)17-6-4-10-23(15-17)29(25,26)22-11-8-20(9-12-22)27-13-14-28-20/h16-18H,2-15H2,1H3,(H,21,24)/t16-,17+,18-/m1/s1. The molecule has 29 heavy (non-hydrogen) atoms. The van der Waals surface area contributed by atoms with Gasteiger partial charge in [0.1, 0.15) is 0 Å². The predicted molar refractivity (Wildman–Crippen MR) is 108 cm³/mol. The summed E-state index contributed by atoms with van der Waals surface area (Å²) in [6.45, 7) is 4.92. The first-order valence-electron chi connectivity index (χ1n) is 11.2. The van der Waals surface area contributed by atoms with Crippen molar-refractivity contribution in [3.8, 4) is 0 Å². The first kappa shape index (κ1) is 21.5. The Morgan fingerprint density at radius 1 is 0.966 bits per heavy atom. The Kier molecular flexibility index (Phi) is 6.51. The molecule has 0 radical (unpaired) electrons. The molecule has 3 aliphatic heterocycles. The molecule has 0 aromatic carbocycles. The molecule has 1 N–H and O–H groups in total. The van der Waals surface area contributed by atoms with Crippen molar-refractivity contribution in [3.05, 3.63) is 0 Å². The Labute approximate surface area is 174 Å². The molecular weight excluding hydrogens is 394 g/mol. The molecule has 0 aromatic heterocycles. The van der Waals surface area contributed by atoms with Crippen molar-refractivity contribution in [1.29, 1.82) is 0 Å². The van der Waals surface area contributed by atoms with Gasteiger partial charge in [-0.1, -0.05) is 19.8 Å². The smallest absolute Gasteiger partial charge is 0.282 e. The van der Waals surface area contributed by atoms with Crippen molar-refractivity contribution in [2.24, 2.45) is 11.8 Å². The van der Waals surface area contributed by atoms with E-state index in [9.17, 15) is 13.2 Å². The van der Waals surface area contributed by atoms with Crippen LogP contribution < -0.4 is 5.32 Å². The molecule has 8 nitrogen and oxygen atoms in total. The van der Waals surface area contributed by atoms with Crippen LogP contribution in [0.25, 0.3) is 0 Å². The molecule has 0 bridgehead atoms. The fourth-order valence-corrected chi connectivity index (χ4v) is 6.90. The maximum absolute atomic E-state index is 13.2. The quantitative estimate of drug-likeness (QED) is 0.731. The molecule has 0 unspecified atom stereocenters. The van der Waals surface area contributed by atoms with Crippen LogP contribution in [-0.2, 0) is 24.5 Å². The van der Waals surface area contributed by atoms with E-state index in [0.717, 1.165) is 32.1 Å². The molecule has 4 aliphatic rings. The van der Waals surface area contributed by atoms with Gasteiger partial charge in [-0.15, -0.1) is 0 Å². The minimum Gasteiger partial charge on any atom is -0.353 e. The van der Waals surface area contributed by atoms with Crippen molar-refractivity contribution in [2.45, 2.75) is 70.1 Å². The van der Waals surface area contributed by atoms with Crippen molar-refractivity contribution in [3.63, 3.8) is 0 Å². The topological polar surface area (TPSA) is 88.2 Å². The van der Waals surface area contributed by atoms with Gasteiger partial charge in [-0.3, -0.25) is 4.79 Å². The number of piperidine rings is 2. The second kappa shape index (κ2) is 8.78. The number of nitrogens with zero attached hydrogens (tertiary/aromatic N) is 2. The highest BCUT2D eigenvalue weighted by atomic mass is 32.2. The fraction of sp³-hybridized carbons (Fsp3) is 0.950. The Hall–Kier alpha value is -0.740. The van der Waals surface area contributed by atoms with Gasteiger partial charge in [0, 0.05) is 45.1 Å². The molecule has 3 heterocycles. The number of rotatable bonds is 4. The summed E-state index contributed by atoms with van der Waals surface area (Å²) in [4.78, 5) is 12.9. The van der Waals surface area contributed by atoms with Crippen LogP contribution in [0.5, 0.6) is 0 Å². The average Bonchev–Trinajstić information content (AvgIpc) is 3.18. The number of nitrogens with one attached hydrogen (secondary N) is 1. The van der Waals surface area contributed by atoms with E-state index < -0.39 is 16.0 Å². The van der Waals surface area contributed by atoms with E-state index >= 15 is 0 Å². The zero-order chi connectivity index (χ0) is 20.5. The number of carbonyl (C=O) groups is 1. The van der Waals surface area contributed by atoms with Crippen molar-refractivity contribution < 1.29 is 22.7 Å². The van der Waals surface area contributed by atoms with Crippen LogP contribution in [0.1, 0.15) is 58.3 Å². The fourth-order valence-electron chi connectivity index (χ4n) is 5.20. The molecule has 3 saturated heterocycles. The van der Waals surface area contributed by atoms with Gasteiger partial charge in [-0.25, -0.2) is 0 Å². The zero-order valence-corrected chi connectivity index (χ0v) is 18.3. The lowest BCUT2D eigenvalue weighted by atomic mass is 9.85. The first-order valence-corrected chi connectivity index (χ1v) is 12.6. The van der Waals surface area contributed by atoms with Crippen LogP contribution in [0.2, 0.25) is 0 Å². The van der Waals surface area contributed by atoms with Gasteiger partial charge in [-0.2, -0.15) is 17.0 Å². The largest absolute Gasteiger partial charge is 0.353 e. The number of hydrogen-bond acceptors (Lipinski definition) is 5. The molecule has 4 rings (SSSR count).